The number of para-hydroxylation sites is 2. The van der Waals surface area contributed by atoms with E-state index in [1.807, 2.05) is 73.7 Å². The second kappa shape index (κ2) is 11.5. The Balaban J connectivity index is 1.49. The molecular weight excluding hydrogens is 442 g/mol. The molecule has 2 amide bonds. The van der Waals surface area contributed by atoms with E-state index in [1.165, 1.54) is 6.21 Å². The maximum atomic E-state index is 12.4. The number of benzene rings is 4. The topological polar surface area (TPSA) is 89.0 Å². The van der Waals surface area contributed by atoms with Crippen LogP contribution >= 0.6 is 0 Å². The number of anilines is 1. The van der Waals surface area contributed by atoms with Gasteiger partial charge in [0.2, 0.25) is 0 Å². The molecule has 0 saturated carbocycles. The van der Waals surface area contributed by atoms with E-state index in [1.54, 1.807) is 24.3 Å². The van der Waals surface area contributed by atoms with Crippen LogP contribution in [0.25, 0.3) is 10.8 Å². The van der Waals surface area contributed by atoms with Crippen LogP contribution in [0.1, 0.15) is 18.1 Å². The van der Waals surface area contributed by atoms with Crippen LogP contribution < -0.4 is 20.2 Å². The Labute approximate surface area is 203 Å². The largest absolute Gasteiger partial charge is 0.492 e. The van der Waals surface area contributed by atoms with Gasteiger partial charge in [0, 0.05) is 5.56 Å². The average molecular weight is 468 g/mol. The smallest absolute Gasteiger partial charge is 0.329 e. The van der Waals surface area contributed by atoms with Gasteiger partial charge in [0.15, 0.2) is 0 Å². The number of hydrogen-bond acceptors (Lipinski definition) is 5. The van der Waals surface area contributed by atoms with E-state index in [4.69, 9.17) is 9.47 Å². The lowest BCUT2D eigenvalue weighted by atomic mass is 10.0. The highest BCUT2D eigenvalue weighted by Gasteiger charge is 2.15. The highest BCUT2D eigenvalue weighted by molar-refractivity contribution is 6.39. The molecule has 0 aromatic heterocycles. The molecule has 0 spiro atoms. The predicted molar refractivity (Wildman–Crippen MR) is 137 cm³/mol. The summed E-state index contributed by atoms with van der Waals surface area (Å²) < 4.78 is 11.5. The zero-order valence-electron chi connectivity index (χ0n) is 19.2. The number of ether oxygens (including phenoxy) is 2. The molecule has 0 saturated heterocycles. The molecule has 7 nitrogen and oxygen atoms in total. The molecule has 7 heteroatoms. The van der Waals surface area contributed by atoms with Crippen molar-refractivity contribution in [3.05, 3.63) is 102 Å². The Morgan fingerprint density at radius 3 is 2.37 bits per heavy atom. The standard InChI is InChI=1S/C28H25N3O4/c1-2-34-26-15-9-8-14-24(26)30-27(32)28(33)31-29-18-23-22-13-7-6-12-21(22)16-17-25(23)35-19-20-10-4-3-5-11-20/h3-18H,2,19H2,1H3,(H,30,32)(H,31,33). The van der Waals surface area contributed by atoms with Gasteiger partial charge < -0.3 is 14.8 Å². The summed E-state index contributed by atoms with van der Waals surface area (Å²) in [6, 6.07) is 28.4. The Morgan fingerprint density at radius 1 is 0.800 bits per heavy atom. The molecule has 0 bridgehead atoms. The van der Waals surface area contributed by atoms with Crippen LogP contribution in [0.4, 0.5) is 5.69 Å². The number of carbonyl (C=O) groups is 2. The molecule has 0 aliphatic rings. The number of hydrogen-bond donors (Lipinski definition) is 2. The van der Waals surface area contributed by atoms with Crippen molar-refractivity contribution in [2.75, 3.05) is 11.9 Å². The van der Waals surface area contributed by atoms with E-state index in [0.29, 0.717) is 36.0 Å². The van der Waals surface area contributed by atoms with Gasteiger partial charge in [-0.1, -0.05) is 72.8 Å². The second-order valence-corrected chi connectivity index (χ2v) is 7.56. The van der Waals surface area contributed by atoms with Crippen molar-refractivity contribution in [2.24, 2.45) is 5.10 Å². The molecule has 0 heterocycles. The van der Waals surface area contributed by atoms with Crippen LogP contribution in [-0.2, 0) is 16.2 Å². The Bertz CT molecular complexity index is 1350. The van der Waals surface area contributed by atoms with Gasteiger partial charge in [-0.25, -0.2) is 5.43 Å². The predicted octanol–water partition coefficient (Wildman–Crippen LogP) is 4.91. The maximum Gasteiger partial charge on any atom is 0.329 e. The third kappa shape index (κ3) is 6.03. The highest BCUT2D eigenvalue weighted by Crippen LogP contribution is 2.27. The molecule has 4 rings (SSSR count). The zero-order valence-corrected chi connectivity index (χ0v) is 19.2. The van der Waals surface area contributed by atoms with E-state index < -0.39 is 11.8 Å². The van der Waals surface area contributed by atoms with Crippen molar-refractivity contribution in [3.63, 3.8) is 0 Å². The number of nitrogens with zero attached hydrogens (tertiary/aromatic N) is 1. The first kappa shape index (κ1) is 23.5. The summed E-state index contributed by atoms with van der Waals surface area (Å²) in [6.07, 6.45) is 1.49. The van der Waals surface area contributed by atoms with Crippen molar-refractivity contribution in [2.45, 2.75) is 13.5 Å². The van der Waals surface area contributed by atoms with E-state index in [9.17, 15) is 9.59 Å². The minimum absolute atomic E-state index is 0.383. The van der Waals surface area contributed by atoms with E-state index >= 15 is 0 Å². The molecule has 0 unspecified atom stereocenters. The first-order valence-electron chi connectivity index (χ1n) is 11.2. The molecular formula is C28H25N3O4. The number of fused-ring (bicyclic) bond motifs is 1. The van der Waals surface area contributed by atoms with Gasteiger partial charge in [-0.05, 0) is 41.5 Å². The van der Waals surface area contributed by atoms with Gasteiger partial charge in [-0.2, -0.15) is 5.10 Å². The quantitative estimate of drug-likeness (QED) is 0.219. The van der Waals surface area contributed by atoms with Crippen LogP contribution in [0.2, 0.25) is 0 Å². The van der Waals surface area contributed by atoms with Crippen LogP contribution in [0.5, 0.6) is 11.5 Å². The monoisotopic (exact) mass is 467 g/mol. The number of nitrogens with one attached hydrogen (secondary N) is 2. The molecule has 0 aliphatic heterocycles. The molecule has 0 fully saturated rings. The van der Waals surface area contributed by atoms with Gasteiger partial charge >= 0.3 is 11.8 Å². The molecule has 4 aromatic rings. The third-order valence-corrected chi connectivity index (χ3v) is 5.17. The second-order valence-electron chi connectivity index (χ2n) is 7.56. The van der Waals surface area contributed by atoms with Gasteiger partial charge in [0.25, 0.3) is 0 Å². The maximum absolute atomic E-state index is 12.4. The van der Waals surface area contributed by atoms with E-state index in [0.717, 1.165) is 16.3 Å². The van der Waals surface area contributed by atoms with Gasteiger partial charge in [-0.3, -0.25) is 9.59 Å². The molecule has 0 aliphatic carbocycles. The molecule has 35 heavy (non-hydrogen) atoms. The van der Waals surface area contributed by atoms with Crippen molar-refractivity contribution in [1.82, 2.24) is 5.43 Å². The Kier molecular flexibility index (Phi) is 7.70. The Morgan fingerprint density at radius 2 is 1.54 bits per heavy atom. The average Bonchev–Trinajstić information content (AvgIpc) is 2.89. The minimum atomic E-state index is -0.903. The summed E-state index contributed by atoms with van der Waals surface area (Å²) in [5, 5.41) is 8.49. The van der Waals surface area contributed by atoms with Crippen molar-refractivity contribution < 1.29 is 19.1 Å². The fourth-order valence-corrected chi connectivity index (χ4v) is 3.51. The van der Waals surface area contributed by atoms with Crippen molar-refractivity contribution >= 4 is 34.5 Å². The van der Waals surface area contributed by atoms with Gasteiger partial charge in [-0.15, -0.1) is 0 Å². The molecule has 0 radical (unpaired) electrons. The first-order valence-corrected chi connectivity index (χ1v) is 11.2. The lowest BCUT2D eigenvalue weighted by Crippen LogP contribution is -2.32. The van der Waals surface area contributed by atoms with E-state index in [2.05, 4.69) is 15.8 Å². The lowest BCUT2D eigenvalue weighted by molar-refractivity contribution is -0.136. The fourth-order valence-electron chi connectivity index (χ4n) is 3.51. The molecule has 2 N–H and O–H groups in total. The highest BCUT2D eigenvalue weighted by atomic mass is 16.5. The SMILES string of the molecule is CCOc1ccccc1NC(=O)C(=O)NN=Cc1c(OCc2ccccc2)ccc2ccccc12. The molecule has 0 atom stereocenters. The summed E-state index contributed by atoms with van der Waals surface area (Å²) in [5.41, 5.74) is 4.42. The fraction of sp³-hybridized carbons (Fsp3) is 0.107. The minimum Gasteiger partial charge on any atom is -0.492 e. The van der Waals surface area contributed by atoms with Gasteiger partial charge in [0.05, 0.1) is 18.5 Å². The summed E-state index contributed by atoms with van der Waals surface area (Å²) in [4.78, 5) is 24.7. The van der Waals surface area contributed by atoms with Crippen LogP contribution in [0.3, 0.4) is 0 Å². The number of carbonyl (C=O) groups excluding carboxylic acids is 2. The summed E-state index contributed by atoms with van der Waals surface area (Å²) in [7, 11) is 0. The molecule has 4 aromatic carbocycles. The Hall–Kier alpha value is -4.65. The van der Waals surface area contributed by atoms with Crippen LogP contribution in [-0.4, -0.2) is 24.6 Å². The molecule has 176 valence electrons. The van der Waals surface area contributed by atoms with Crippen LogP contribution in [0.15, 0.2) is 96.1 Å². The zero-order chi connectivity index (χ0) is 24.5. The number of hydrazone groups is 1. The number of amides is 2. The normalized spacial score (nSPS) is 10.8. The summed E-state index contributed by atoms with van der Waals surface area (Å²) in [5.74, 6) is -0.663. The van der Waals surface area contributed by atoms with Crippen molar-refractivity contribution in [1.29, 1.82) is 0 Å². The van der Waals surface area contributed by atoms with Crippen LogP contribution in [0, 0.1) is 0 Å². The van der Waals surface area contributed by atoms with Gasteiger partial charge in [0.1, 0.15) is 18.1 Å². The third-order valence-electron chi connectivity index (χ3n) is 5.17. The van der Waals surface area contributed by atoms with E-state index in [-0.39, 0.29) is 0 Å². The summed E-state index contributed by atoms with van der Waals surface area (Å²) in [6.45, 7) is 2.66. The first-order chi connectivity index (χ1) is 17.2. The van der Waals surface area contributed by atoms with Crippen molar-refractivity contribution in [3.8, 4) is 11.5 Å². The lowest BCUT2D eigenvalue weighted by Gasteiger charge is -2.12. The number of rotatable bonds is 8. The summed E-state index contributed by atoms with van der Waals surface area (Å²) >= 11 is 0.